The number of esters is 2. The Morgan fingerprint density at radius 2 is 1.61 bits per heavy atom. The molecule has 0 N–H and O–H groups in total. The van der Waals surface area contributed by atoms with Gasteiger partial charge in [-0.1, -0.05) is 76.6 Å². The number of carbonyl (C=O) groups excluding carboxylic acids is 2. The summed E-state index contributed by atoms with van der Waals surface area (Å²) in [5, 5.41) is 0. The Balaban J connectivity index is 1.37. The summed E-state index contributed by atoms with van der Waals surface area (Å²) in [6.07, 6.45) is 12.3. The monoisotopic (exact) mass is 560 g/mol. The van der Waals surface area contributed by atoms with Gasteiger partial charge in [0.15, 0.2) is 0 Å². The van der Waals surface area contributed by atoms with Crippen LogP contribution in [-0.4, -0.2) is 17.5 Å². The second kappa shape index (κ2) is 9.45. The van der Waals surface area contributed by atoms with Crippen LogP contribution in [0.25, 0.3) is 0 Å². The Kier molecular flexibility index (Phi) is 6.68. The second-order valence-electron chi connectivity index (χ2n) is 16.5. The lowest BCUT2D eigenvalue weighted by molar-refractivity contribution is -0.193. The van der Waals surface area contributed by atoms with Gasteiger partial charge >= 0.3 is 11.9 Å². The maximum atomic E-state index is 14.2. The maximum absolute atomic E-state index is 14.2. The molecule has 1 heterocycles. The molecule has 4 heteroatoms. The topological polar surface area (TPSA) is 52.6 Å². The third-order valence-corrected chi connectivity index (χ3v) is 13.6. The summed E-state index contributed by atoms with van der Waals surface area (Å²) >= 11 is 0. The number of ether oxygens (including phenoxy) is 2. The number of allylic oxidation sites excluding steroid dienone is 2. The van der Waals surface area contributed by atoms with Gasteiger partial charge in [0.2, 0.25) is 0 Å². The van der Waals surface area contributed by atoms with E-state index in [1.54, 1.807) is 5.57 Å². The molecule has 0 aromatic heterocycles. The molecule has 4 fully saturated rings. The van der Waals surface area contributed by atoms with Gasteiger partial charge in [-0.3, -0.25) is 9.59 Å². The minimum atomic E-state index is -0.438. The fourth-order valence-corrected chi connectivity index (χ4v) is 11.1. The second-order valence-corrected chi connectivity index (χ2v) is 16.5. The van der Waals surface area contributed by atoms with Crippen molar-refractivity contribution in [3.63, 3.8) is 0 Å². The molecule has 1 unspecified atom stereocenters. The highest BCUT2D eigenvalue weighted by molar-refractivity contribution is 5.79. The number of carbonyl (C=O) groups is 2. The van der Waals surface area contributed by atoms with Crippen molar-refractivity contribution in [2.24, 2.45) is 44.8 Å². The molecular formula is C37H52O4. The third kappa shape index (κ3) is 4.27. The molecule has 0 amide bonds. The molecule has 4 nitrogen and oxygen atoms in total. The third-order valence-electron chi connectivity index (χ3n) is 13.6. The Morgan fingerprint density at radius 3 is 2.34 bits per heavy atom. The minimum absolute atomic E-state index is 0.0222. The van der Waals surface area contributed by atoms with Crippen LogP contribution in [0.1, 0.15) is 118 Å². The number of hydrogen-bond acceptors (Lipinski definition) is 4. The Hall–Kier alpha value is -2.10. The van der Waals surface area contributed by atoms with Crippen LogP contribution in [0, 0.1) is 44.8 Å². The average molecular weight is 561 g/mol. The van der Waals surface area contributed by atoms with Gasteiger partial charge in [-0.25, -0.2) is 0 Å². The first-order valence-corrected chi connectivity index (χ1v) is 16.3. The average Bonchev–Trinajstić information content (AvgIpc) is 3.00. The summed E-state index contributed by atoms with van der Waals surface area (Å²) < 4.78 is 12.2. The van der Waals surface area contributed by atoms with E-state index in [0.29, 0.717) is 24.9 Å². The number of cyclic esters (lactones) is 1. The van der Waals surface area contributed by atoms with Crippen molar-refractivity contribution in [3.05, 3.63) is 47.5 Å². The van der Waals surface area contributed by atoms with E-state index < -0.39 is 11.0 Å². The number of benzene rings is 1. The van der Waals surface area contributed by atoms with Gasteiger partial charge in [-0.15, -0.1) is 0 Å². The lowest BCUT2D eigenvalue weighted by Crippen LogP contribution is -2.63. The molecule has 5 aliphatic rings. The highest BCUT2D eigenvalue weighted by Crippen LogP contribution is 2.74. The minimum Gasteiger partial charge on any atom is -0.460 e. The van der Waals surface area contributed by atoms with E-state index >= 15 is 0 Å². The van der Waals surface area contributed by atoms with Crippen LogP contribution in [0.15, 0.2) is 42.0 Å². The predicted octanol–water partition coefficient (Wildman–Crippen LogP) is 8.83. The van der Waals surface area contributed by atoms with Crippen molar-refractivity contribution in [1.82, 2.24) is 0 Å². The van der Waals surface area contributed by atoms with Crippen molar-refractivity contribution >= 4 is 11.9 Å². The van der Waals surface area contributed by atoms with E-state index in [9.17, 15) is 9.59 Å². The lowest BCUT2D eigenvalue weighted by atomic mass is 9.35. The molecule has 224 valence electrons. The van der Waals surface area contributed by atoms with Crippen LogP contribution in [0.2, 0.25) is 0 Å². The smallest absolute Gasteiger partial charge is 0.313 e. The molecule has 0 spiro atoms. The first-order valence-electron chi connectivity index (χ1n) is 16.3. The lowest BCUT2D eigenvalue weighted by Gasteiger charge is -2.69. The quantitative estimate of drug-likeness (QED) is 0.274. The highest BCUT2D eigenvalue weighted by Gasteiger charge is 2.69. The van der Waals surface area contributed by atoms with E-state index in [0.717, 1.165) is 63.4 Å². The molecule has 1 aromatic rings. The Labute approximate surface area is 248 Å². The molecule has 1 aromatic carbocycles. The number of fused-ring (bicyclic) bond motifs is 7. The van der Waals surface area contributed by atoms with Crippen molar-refractivity contribution in [2.45, 2.75) is 125 Å². The van der Waals surface area contributed by atoms with Crippen molar-refractivity contribution < 1.29 is 19.1 Å². The van der Waals surface area contributed by atoms with Gasteiger partial charge in [0.05, 0.1) is 5.41 Å². The number of hydrogen-bond donors (Lipinski definition) is 0. The van der Waals surface area contributed by atoms with Gasteiger partial charge < -0.3 is 9.47 Å². The molecule has 0 radical (unpaired) electrons. The first-order chi connectivity index (χ1) is 19.2. The molecule has 1 saturated heterocycles. The molecule has 3 saturated carbocycles. The van der Waals surface area contributed by atoms with E-state index in [4.69, 9.17) is 9.47 Å². The van der Waals surface area contributed by atoms with E-state index in [-0.39, 0.29) is 39.5 Å². The van der Waals surface area contributed by atoms with Gasteiger partial charge in [0, 0.05) is 12.3 Å². The summed E-state index contributed by atoms with van der Waals surface area (Å²) in [6, 6.07) is 10.1. The Bertz CT molecular complexity index is 1240. The van der Waals surface area contributed by atoms with Crippen molar-refractivity contribution in [2.75, 3.05) is 0 Å². The van der Waals surface area contributed by atoms with Crippen molar-refractivity contribution in [3.8, 4) is 0 Å². The molecule has 6 rings (SSSR count). The molecule has 4 aliphatic carbocycles. The van der Waals surface area contributed by atoms with Gasteiger partial charge in [-0.05, 0) is 111 Å². The van der Waals surface area contributed by atoms with Crippen LogP contribution in [-0.2, 0) is 25.7 Å². The summed E-state index contributed by atoms with van der Waals surface area (Å²) in [4.78, 5) is 26.9. The summed E-state index contributed by atoms with van der Waals surface area (Å²) in [5.74, 6) is 1.07. The van der Waals surface area contributed by atoms with Gasteiger partial charge in [0.25, 0.3) is 0 Å². The van der Waals surface area contributed by atoms with Crippen LogP contribution in [0.4, 0.5) is 0 Å². The zero-order valence-electron chi connectivity index (χ0n) is 26.6. The molecular weight excluding hydrogens is 508 g/mol. The zero-order chi connectivity index (χ0) is 29.5. The largest absolute Gasteiger partial charge is 0.460 e. The van der Waals surface area contributed by atoms with Crippen LogP contribution in [0.5, 0.6) is 0 Å². The highest BCUT2D eigenvalue weighted by atomic mass is 16.6. The van der Waals surface area contributed by atoms with E-state index in [1.165, 1.54) is 0 Å². The standard InChI is InChI=1S/C37H52O4/c1-32(2)19-21-37(31(39)40-24-25-11-9-8-10-12-25)22-20-35(6)26(27(37)23-32)13-14-29-34(5)17-16-30(38)41-33(3,4)28(34)15-18-36(29,35)7/h8-13,27-29H,14-24H2,1-7H3/t27-,28-,29?,34-,35+,36+,37-/m0/s1. The Morgan fingerprint density at radius 1 is 0.902 bits per heavy atom. The zero-order valence-corrected chi connectivity index (χ0v) is 26.6. The summed E-state index contributed by atoms with van der Waals surface area (Å²) in [6.45, 7) is 17.0. The van der Waals surface area contributed by atoms with E-state index in [2.05, 4.69) is 54.5 Å². The summed E-state index contributed by atoms with van der Waals surface area (Å²) in [7, 11) is 0. The van der Waals surface area contributed by atoms with Gasteiger partial charge in [0.1, 0.15) is 12.2 Å². The SMILES string of the molecule is CC1(C)CC[C@]2(C(=O)OCc3ccccc3)CC[C@]3(C)C(=CCC4[C@@]5(C)CCC(=O)OC(C)(C)[C@@H]5CC[C@]43C)[C@@H]2C1. The van der Waals surface area contributed by atoms with Crippen LogP contribution < -0.4 is 0 Å². The number of rotatable bonds is 3. The molecule has 1 aliphatic heterocycles. The fraction of sp³-hybridized carbons (Fsp3) is 0.730. The van der Waals surface area contributed by atoms with Crippen LogP contribution >= 0.6 is 0 Å². The molecule has 41 heavy (non-hydrogen) atoms. The normalized spacial score (nSPS) is 42.7. The molecule has 7 atom stereocenters. The predicted molar refractivity (Wildman–Crippen MR) is 162 cm³/mol. The molecule has 0 bridgehead atoms. The fourth-order valence-electron chi connectivity index (χ4n) is 11.1. The maximum Gasteiger partial charge on any atom is 0.313 e. The summed E-state index contributed by atoms with van der Waals surface area (Å²) in [5.41, 5.74) is 2.14. The van der Waals surface area contributed by atoms with Gasteiger partial charge in [-0.2, -0.15) is 0 Å². The van der Waals surface area contributed by atoms with E-state index in [1.807, 2.05) is 30.3 Å². The first kappa shape index (κ1) is 29.0. The van der Waals surface area contributed by atoms with Crippen LogP contribution in [0.3, 0.4) is 0 Å². The van der Waals surface area contributed by atoms with Crippen molar-refractivity contribution in [1.29, 1.82) is 0 Å².